The van der Waals surface area contributed by atoms with Crippen LogP contribution in [0.5, 0.6) is 0 Å². The van der Waals surface area contributed by atoms with Crippen LogP contribution in [0.4, 0.5) is 5.69 Å². The molecule has 0 aliphatic heterocycles. The van der Waals surface area contributed by atoms with Crippen LogP contribution < -0.4 is 5.32 Å². The Kier molecular flexibility index (Phi) is 9.03. The first kappa shape index (κ1) is 26.2. The van der Waals surface area contributed by atoms with Gasteiger partial charge in [0.15, 0.2) is 5.78 Å². The van der Waals surface area contributed by atoms with E-state index >= 15 is 0 Å². The number of unbranched alkanes of at least 4 members (excludes halogenated alkanes) is 3. The molecule has 0 saturated heterocycles. The van der Waals surface area contributed by atoms with Crippen molar-refractivity contribution in [2.24, 2.45) is 0 Å². The van der Waals surface area contributed by atoms with Gasteiger partial charge in [0.1, 0.15) is 5.69 Å². The number of hydrogen-bond donors (Lipinski definition) is 3. The van der Waals surface area contributed by atoms with Gasteiger partial charge in [0.2, 0.25) is 0 Å². The Balaban J connectivity index is 1.45. The summed E-state index contributed by atoms with van der Waals surface area (Å²) >= 11 is 0. The normalized spacial score (nSPS) is 12.7. The fourth-order valence-corrected chi connectivity index (χ4v) is 4.88. The van der Waals surface area contributed by atoms with Crippen LogP contribution in [0.3, 0.4) is 0 Å². The fourth-order valence-electron chi connectivity index (χ4n) is 4.88. The van der Waals surface area contributed by atoms with Crippen LogP contribution in [0.15, 0.2) is 30.6 Å². The number of rotatable bonds is 15. The van der Waals surface area contributed by atoms with Crippen molar-refractivity contribution in [3.8, 4) is 11.3 Å². The second-order valence-corrected chi connectivity index (χ2v) is 9.64. The van der Waals surface area contributed by atoms with Gasteiger partial charge in [-0.25, -0.2) is 0 Å². The van der Waals surface area contributed by atoms with Crippen molar-refractivity contribution >= 4 is 22.4 Å². The molecule has 1 aliphatic carbocycles. The van der Waals surface area contributed by atoms with Gasteiger partial charge in [-0.05, 0) is 51.7 Å². The van der Waals surface area contributed by atoms with Crippen molar-refractivity contribution in [1.82, 2.24) is 24.6 Å². The Bertz CT molecular complexity index is 1170. The lowest BCUT2D eigenvalue weighted by molar-refractivity contribution is 0.104. The van der Waals surface area contributed by atoms with E-state index in [1.54, 1.807) is 18.5 Å². The lowest BCUT2D eigenvalue weighted by Crippen LogP contribution is -2.30. The van der Waals surface area contributed by atoms with Gasteiger partial charge in [-0.15, -0.1) is 0 Å². The number of ketones is 1. The molecular weight excluding hydrogens is 456 g/mol. The number of benzene rings is 1. The lowest BCUT2D eigenvalue weighted by Gasteiger charge is -2.20. The first-order chi connectivity index (χ1) is 17.5. The predicted molar refractivity (Wildman–Crippen MR) is 143 cm³/mol. The molecule has 0 saturated carbocycles. The molecule has 0 atom stereocenters. The highest BCUT2D eigenvalue weighted by Crippen LogP contribution is 2.41. The second-order valence-electron chi connectivity index (χ2n) is 9.64. The molecule has 194 valence electrons. The number of carbonyl (C=O) groups excluding carboxylic acids is 1. The van der Waals surface area contributed by atoms with Crippen LogP contribution in [-0.4, -0.2) is 101 Å². The van der Waals surface area contributed by atoms with E-state index in [1.165, 1.54) is 0 Å². The average Bonchev–Trinajstić information content (AvgIpc) is 3.25. The van der Waals surface area contributed by atoms with E-state index in [-0.39, 0.29) is 19.0 Å². The Labute approximate surface area is 212 Å². The second kappa shape index (κ2) is 12.4. The predicted octanol–water partition coefficient (Wildman–Crippen LogP) is 2.46. The van der Waals surface area contributed by atoms with Crippen LogP contribution >= 0.6 is 0 Å². The average molecular weight is 495 g/mol. The van der Waals surface area contributed by atoms with Crippen molar-refractivity contribution < 1.29 is 15.0 Å². The maximum absolute atomic E-state index is 13.6. The molecule has 3 aromatic rings. The number of fused-ring (bicyclic) bond motifs is 2. The summed E-state index contributed by atoms with van der Waals surface area (Å²) in [6, 6.07) is 5.87. The molecule has 0 bridgehead atoms. The molecule has 9 nitrogen and oxygen atoms in total. The van der Waals surface area contributed by atoms with Crippen molar-refractivity contribution in [3.05, 3.63) is 41.7 Å². The van der Waals surface area contributed by atoms with E-state index < -0.39 is 0 Å². The van der Waals surface area contributed by atoms with Gasteiger partial charge in [-0.1, -0.05) is 12.8 Å². The van der Waals surface area contributed by atoms with Gasteiger partial charge in [-0.3, -0.25) is 19.4 Å². The van der Waals surface area contributed by atoms with Crippen molar-refractivity contribution in [3.63, 3.8) is 0 Å². The van der Waals surface area contributed by atoms with Crippen LogP contribution in [0.1, 0.15) is 41.6 Å². The molecule has 1 aliphatic rings. The highest BCUT2D eigenvalue weighted by Gasteiger charge is 2.31. The van der Waals surface area contributed by atoms with Gasteiger partial charge in [0, 0.05) is 60.8 Å². The standard InChI is InChI=1S/C27H38N6O3/c1-31(2)13-14-33-23-8-7-22(29-10-5-3-4-6-12-32(15-17-34)16-18-35)24-25(23)26(30-33)21-19-28-11-9-20(21)27(24)36/h7-9,11,19,29,34-35H,3-6,10,12-18H2,1-2H3. The molecular formula is C27H38N6O3. The van der Waals surface area contributed by atoms with Gasteiger partial charge >= 0.3 is 0 Å². The number of anilines is 1. The maximum atomic E-state index is 13.6. The van der Waals surface area contributed by atoms with Crippen molar-refractivity contribution in [1.29, 1.82) is 0 Å². The van der Waals surface area contributed by atoms with Crippen LogP contribution in [-0.2, 0) is 6.54 Å². The van der Waals surface area contributed by atoms with E-state index in [2.05, 4.69) is 26.2 Å². The number of aromatic nitrogens is 3. The lowest BCUT2D eigenvalue weighted by atomic mass is 9.87. The Morgan fingerprint density at radius 3 is 2.47 bits per heavy atom. The van der Waals surface area contributed by atoms with Crippen LogP contribution in [0, 0.1) is 0 Å². The molecule has 36 heavy (non-hydrogen) atoms. The number of carbonyl (C=O) groups is 1. The van der Waals surface area contributed by atoms with E-state index in [0.29, 0.717) is 24.2 Å². The molecule has 2 heterocycles. The van der Waals surface area contributed by atoms with E-state index in [9.17, 15) is 4.79 Å². The minimum absolute atomic E-state index is 0.0213. The van der Waals surface area contributed by atoms with E-state index in [1.807, 2.05) is 24.8 Å². The molecule has 0 unspecified atom stereocenters. The third-order valence-corrected chi connectivity index (χ3v) is 6.77. The Morgan fingerprint density at radius 2 is 1.72 bits per heavy atom. The summed E-state index contributed by atoms with van der Waals surface area (Å²) in [5, 5.41) is 27.6. The van der Waals surface area contributed by atoms with Crippen LogP contribution in [0.25, 0.3) is 22.2 Å². The zero-order valence-corrected chi connectivity index (χ0v) is 21.4. The molecule has 9 heteroatoms. The summed E-state index contributed by atoms with van der Waals surface area (Å²) in [5.74, 6) is 0.0213. The van der Waals surface area contributed by atoms with Gasteiger partial charge in [-0.2, -0.15) is 5.10 Å². The largest absolute Gasteiger partial charge is 0.395 e. The van der Waals surface area contributed by atoms with Gasteiger partial charge in [0.05, 0.1) is 30.8 Å². The van der Waals surface area contributed by atoms with Crippen LogP contribution in [0.2, 0.25) is 0 Å². The highest BCUT2D eigenvalue weighted by atomic mass is 16.3. The first-order valence-electron chi connectivity index (χ1n) is 12.9. The van der Waals surface area contributed by atoms with Gasteiger partial charge in [0.25, 0.3) is 0 Å². The smallest absolute Gasteiger partial charge is 0.196 e. The minimum atomic E-state index is 0.0213. The number of pyridine rings is 1. The third-order valence-electron chi connectivity index (χ3n) is 6.77. The molecule has 0 radical (unpaired) electrons. The SMILES string of the molecule is CN(C)CCn1nc2c3c(c(NCCCCCCN(CCO)CCO)ccc31)C(=O)c1ccncc1-2. The quantitative estimate of drug-likeness (QED) is 0.216. The minimum Gasteiger partial charge on any atom is -0.395 e. The summed E-state index contributed by atoms with van der Waals surface area (Å²) in [7, 11) is 4.09. The maximum Gasteiger partial charge on any atom is 0.196 e. The third kappa shape index (κ3) is 5.75. The molecule has 1 aromatic carbocycles. The number of nitrogens with one attached hydrogen (secondary N) is 1. The number of hydrogen-bond acceptors (Lipinski definition) is 8. The molecule has 0 amide bonds. The molecule has 0 fully saturated rings. The zero-order valence-electron chi connectivity index (χ0n) is 21.4. The van der Waals surface area contributed by atoms with Gasteiger partial charge < -0.3 is 20.4 Å². The number of likely N-dealkylation sites (N-methyl/N-ethyl adjacent to an activating group) is 1. The van der Waals surface area contributed by atoms with E-state index in [0.717, 1.165) is 79.7 Å². The fraction of sp³-hybridized carbons (Fsp3) is 0.519. The van der Waals surface area contributed by atoms with E-state index in [4.69, 9.17) is 15.3 Å². The Morgan fingerprint density at radius 1 is 0.944 bits per heavy atom. The summed E-state index contributed by atoms with van der Waals surface area (Å²) in [4.78, 5) is 22.1. The summed E-state index contributed by atoms with van der Waals surface area (Å²) in [5.41, 5.74) is 4.84. The summed E-state index contributed by atoms with van der Waals surface area (Å²) in [6.07, 6.45) is 7.61. The molecule has 2 aromatic heterocycles. The molecule has 3 N–H and O–H groups in total. The number of nitrogens with zero attached hydrogens (tertiary/aromatic N) is 5. The Hall–Kier alpha value is -2.85. The molecule has 0 spiro atoms. The zero-order chi connectivity index (χ0) is 25.5. The first-order valence-corrected chi connectivity index (χ1v) is 12.9. The summed E-state index contributed by atoms with van der Waals surface area (Å²) < 4.78 is 2.00. The molecule has 4 rings (SSSR count). The highest BCUT2D eigenvalue weighted by molar-refractivity contribution is 6.27. The van der Waals surface area contributed by atoms with Crippen molar-refractivity contribution in [2.45, 2.75) is 32.2 Å². The monoisotopic (exact) mass is 494 g/mol. The number of aliphatic hydroxyl groups excluding tert-OH is 2. The number of aliphatic hydroxyl groups is 2. The topological polar surface area (TPSA) is 107 Å². The van der Waals surface area contributed by atoms with Crippen molar-refractivity contribution in [2.75, 3.05) is 65.3 Å². The summed E-state index contributed by atoms with van der Waals surface area (Å²) in [6.45, 7) is 4.72.